The highest BCUT2D eigenvalue weighted by molar-refractivity contribution is 5.45. The molecular formula is C14H22N4. The van der Waals surface area contributed by atoms with Crippen LogP contribution in [-0.2, 0) is 0 Å². The van der Waals surface area contributed by atoms with Gasteiger partial charge in [0.15, 0.2) is 0 Å². The molecule has 98 valence electrons. The summed E-state index contributed by atoms with van der Waals surface area (Å²) < 4.78 is 0. The Morgan fingerprint density at radius 1 is 1.28 bits per heavy atom. The molecule has 0 aromatic carbocycles. The van der Waals surface area contributed by atoms with Gasteiger partial charge in [-0.1, -0.05) is 13.8 Å². The molecule has 0 N–H and O–H groups in total. The third-order valence-electron chi connectivity index (χ3n) is 2.63. The molecule has 0 aliphatic carbocycles. The number of likely N-dealkylation sites (N-methyl/N-ethyl adjacent to an activating group) is 1. The molecule has 4 nitrogen and oxygen atoms in total. The lowest BCUT2D eigenvalue weighted by atomic mass is 10.2. The Bertz CT molecular complexity index is 389. The van der Waals surface area contributed by atoms with Gasteiger partial charge in [-0.2, -0.15) is 5.26 Å². The third-order valence-corrected chi connectivity index (χ3v) is 2.63. The minimum atomic E-state index is 0.468. The first-order valence-electron chi connectivity index (χ1n) is 6.28. The number of nitriles is 1. The van der Waals surface area contributed by atoms with Crippen molar-refractivity contribution in [2.75, 3.05) is 38.6 Å². The fraction of sp³-hybridized carbons (Fsp3) is 0.571. The maximum atomic E-state index is 8.76. The SMILES string of the molecule is CC(C)CN(CCN(C)C)c1ccc(C#N)nc1. The van der Waals surface area contributed by atoms with Crippen molar-refractivity contribution in [3.8, 4) is 6.07 Å². The van der Waals surface area contributed by atoms with Gasteiger partial charge in [0, 0.05) is 19.6 Å². The lowest BCUT2D eigenvalue weighted by Crippen LogP contribution is -2.34. The summed E-state index contributed by atoms with van der Waals surface area (Å²) in [4.78, 5) is 8.63. The number of anilines is 1. The topological polar surface area (TPSA) is 43.2 Å². The van der Waals surface area contributed by atoms with Gasteiger partial charge >= 0.3 is 0 Å². The maximum absolute atomic E-state index is 8.76. The van der Waals surface area contributed by atoms with E-state index in [2.05, 4.69) is 42.7 Å². The first kappa shape index (κ1) is 14.5. The molecule has 0 bridgehead atoms. The molecule has 0 saturated heterocycles. The average molecular weight is 246 g/mol. The number of rotatable bonds is 6. The van der Waals surface area contributed by atoms with Gasteiger partial charge in [0.05, 0.1) is 11.9 Å². The van der Waals surface area contributed by atoms with Gasteiger partial charge in [0.2, 0.25) is 0 Å². The molecule has 1 heterocycles. The van der Waals surface area contributed by atoms with Crippen LogP contribution in [-0.4, -0.2) is 43.6 Å². The predicted molar refractivity (Wildman–Crippen MR) is 74.6 cm³/mol. The van der Waals surface area contributed by atoms with Crippen LogP contribution in [0.25, 0.3) is 0 Å². The Balaban J connectivity index is 2.77. The van der Waals surface area contributed by atoms with Crippen molar-refractivity contribution in [3.63, 3.8) is 0 Å². The zero-order valence-corrected chi connectivity index (χ0v) is 11.7. The number of pyridine rings is 1. The summed E-state index contributed by atoms with van der Waals surface area (Å²) in [5.41, 5.74) is 1.56. The largest absolute Gasteiger partial charge is 0.369 e. The van der Waals surface area contributed by atoms with Crippen molar-refractivity contribution < 1.29 is 0 Å². The zero-order chi connectivity index (χ0) is 13.5. The summed E-state index contributed by atoms with van der Waals surface area (Å²) in [6, 6.07) is 5.80. The molecule has 1 aromatic heterocycles. The Labute approximate surface area is 110 Å². The molecule has 0 fully saturated rings. The van der Waals surface area contributed by atoms with E-state index in [9.17, 15) is 0 Å². The Morgan fingerprint density at radius 3 is 2.44 bits per heavy atom. The van der Waals surface area contributed by atoms with Crippen LogP contribution in [0, 0.1) is 17.2 Å². The summed E-state index contributed by atoms with van der Waals surface area (Å²) in [6.07, 6.45) is 1.79. The highest BCUT2D eigenvalue weighted by atomic mass is 15.2. The molecule has 0 saturated carbocycles. The van der Waals surface area contributed by atoms with Crippen LogP contribution >= 0.6 is 0 Å². The zero-order valence-electron chi connectivity index (χ0n) is 11.7. The Morgan fingerprint density at radius 2 is 2.00 bits per heavy atom. The quantitative estimate of drug-likeness (QED) is 0.770. The van der Waals surface area contributed by atoms with Crippen LogP contribution in [0.2, 0.25) is 0 Å². The monoisotopic (exact) mass is 246 g/mol. The van der Waals surface area contributed by atoms with Gasteiger partial charge in [-0.25, -0.2) is 4.98 Å². The summed E-state index contributed by atoms with van der Waals surface area (Å²) in [6.45, 7) is 7.40. The number of aromatic nitrogens is 1. The number of hydrogen-bond acceptors (Lipinski definition) is 4. The molecule has 0 spiro atoms. The predicted octanol–water partition coefficient (Wildman–Crippen LogP) is 1.98. The van der Waals surface area contributed by atoms with Crippen LogP contribution in [0.15, 0.2) is 18.3 Å². The molecule has 0 atom stereocenters. The fourth-order valence-electron chi connectivity index (χ4n) is 1.73. The van der Waals surface area contributed by atoms with Gasteiger partial charge < -0.3 is 9.80 Å². The van der Waals surface area contributed by atoms with Crippen molar-refractivity contribution >= 4 is 5.69 Å². The summed E-state index contributed by atoms with van der Waals surface area (Å²) >= 11 is 0. The second-order valence-electron chi connectivity index (χ2n) is 5.16. The maximum Gasteiger partial charge on any atom is 0.140 e. The van der Waals surface area contributed by atoms with E-state index in [1.54, 1.807) is 12.3 Å². The van der Waals surface area contributed by atoms with E-state index in [0.717, 1.165) is 25.3 Å². The molecule has 0 amide bonds. The van der Waals surface area contributed by atoms with E-state index < -0.39 is 0 Å². The molecule has 1 aromatic rings. The number of hydrogen-bond donors (Lipinski definition) is 0. The number of nitrogens with zero attached hydrogens (tertiary/aromatic N) is 4. The van der Waals surface area contributed by atoms with Crippen LogP contribution in [0.3, 0.4) is 0 Å². The first-order chi connectivity index (χ1) is 8.52. The standard InChI is InChI=1S/C14H22N4/c1-12(2)11-18(8-7-17(3)4)14-6-5-13(9-15)16-10-14/h5-6,10,12H,7-8,11H2,1-4H3. The van der Waals surface area contributed by atoms with Crippen molar-refractivity contribution in [2.24, 2.45) is 5.92 Å². The molecular weight excluding hydrogens is 224 g/mol. The van der Waals surface area contributed by atoms with E-state index in [1.165, 1.54) is 0 Å². The fourth-order valence-corrected chi connectivity index (χ4v) is 1.73. The Kier molecular flexibility index (Phi) is 5.60. The molecule has 1 rings (SSSR count). The van der Waals surface area contributed by atoms with Crippen molar-refractivity contribution in [1.29, 1.82) is 5.26 Å². The van der Waals surface area contributed by atoms with Gasteiger partial charge in [0.25, 0.3) is 0 Å². The van der Waals surface area contributed by atoms with Gasteiger partial charge in [-0.3, -0.25) is 0 Å². The molecule has 18 heavy (non-hydrogen) atoms. The summed E-state index contributed by atoms with van der Waals surface area (Å²) in [5, 5.41) is 8.76. The minimum Gasteiger partial charge on any atom is -0.369 e. The van der Waals surface area contributed by atoms with Crippen molar-refractivity contribution in [2.45, 2.75) is 13.8 Å². The minimum absolute atomic E-state index is 0.468. The second kappa shape index (κ2) is 6.97. The average Bonchev–Trinajstić information content (AvgIpc) is 2.34. The summed E-state index contributed by atoms with van der Waals surface area (Å²) in [7, 11) is 4.15. The normalized spacial score (nSPS) is 10.7. The summed E-state index contributed by atoms with van der Waals surface area (Å²) in [5.74, 6) is 0.600. The Hall–Kier alpha value is -1.60. The van der Waals surface area contributed by atoms with Gasteiger partial charge in [-0.15, -0.1) is 0 Å². The highest BCUT2D eigenvalue weighted by Crippen LogP contribution is 2.14. The molecule has 0 aliphatic rings. The first-order valence-corrected chi connectivity index (χ1v) is 6.28. The van der Waals surface area contributed by atoms with Crippen LogP contribution in [0.1, 0.15) is 19.5 Å². The van der Waals surface area contributed by atoms with E-state index in [-0.39, 0.29) is 0 Å². The van der Waals surface area contributed by atoms with E-state index in [1.807, 2.05) is 12.1 Å². The van der Waals surface area contributed by atoms with Crippen molar-refractivity contribution in [3.05, 3.63) is 24.0 Å². The van der Waals surface area contributed by atoms with Crippen LogP contribution in [0.4, 0.5) is 5.69 Å². The van der Waals surface area contributed by atoms with Crippen LogP contribution in [0.5, 0.6) is 0 Å². The van der Waals surface area contributed by atoms with Crippen LogP contribution < -0.4 is 4.90 Å². The van der Waals surface area contributed by atoms with E-state index in [0.29, 0.717) is 11.6 Å². The lowest BCUT2D eigenvalue weighted by molar-refractivity contribution is 0.409. The molecule has 0 aliphatic heterocycles. The highest BCUT2D eigenvalue weighted by Gasteiger charge is 2.09. The van der Waals surface area contributed by atoms with Gasteiger partial charge in [0.1, 0.15) is 11.8 Å². The molecule has 0 unspecified atom stereocenters. The molecule has 4 heteroatoms. The third kappa shape index (κ3) is 4.72. The van der Waals surface area contributed by atoms with E-state index in [4.69, 9.17) is 5.26 Å². The van der Waals surface area contributed by atoms with E-state index >= 15 is 0 Å². The lowest BCUT2D eigenvalue weighted by Gasteiger charge is -2.27. The second-order valence-corrected chi connectivity index (χ2v) is 5.16. The van der Waals surface area contributed by atoms with Crippen molar-refractivity contribution in [1.82, 2.24) is 9.88 Å². The molecule has 0 radical (unpaired) electrons. The smallest absolute Gasteiger partial charge is 0.140 e. The van der Waals surface area contributed by atoms with Gasteiger partial charge in [-0.05, 0) is 32.1 Å².